The van der Waals surface area contributed by atoms with E-state index in [0.717, 1.165) is 16.9 Å². The van der Waals surface area contributed by atoms with Crippen molar-refractivity contribution < 1.29 is 19.4 Å². The van der Waals surface area contributed by atoms with E-state index in [2.05, 4.69) is 13.8 Å². The summed E-state index contributed by atoms with van der Waals surface area (Å²) in [5, 5.41) is 9.82. The van der Waals surface area contributed by atoms with E-state index >= 15 is 0 Å². The van der Waals surface area contributed by atoms with E-state index < -0.39 is 5.97 Å². The van der Waals surface area contributed by atoms with Crippen LogP contribution in [0.2, 0.25) is 0 Å². The number of phenolic OH excluding ortho intramolecular Hbond substituents is 1. The topological polar surface area (TPSA) is 55.8 Å². The minimum absolute atomic E-state index is 0.0823. The van der Waals surface area contributed by atoms with Crippen molar-refractivity contribution in [1.29, 1.82) is 0 Å². The second-order valence-corrected chi connectivity index (χ2v) is 5.58. The normalized spacial score (nSPS) is 11.1. The van der Waals surface area contributed by atoms with Gasteiger partial charge in [0.2, 0.25) is 0 Å². The van der Waals surface area contributed by atoms with Gasteiger partial charge in [0.05, 0.1) is 14.2 Å². The van der Waals surface area contributed by atoms with Crippen molar-refractivity contribution in [3.8, 4) is 11.5 Å². The fourth-order valence-corrected chi connectivity index (χ4v) is 2.37. The Hall–Kier alpha value is -2.49. The van der Waals surface area contributed by atoms with Gasteiger partial charge >= 0.3 is 5.97 Å². The molecule has 0 saturated heterocycles. The van der Waals surface area contributed by atoms with Crippen LogP contribution in [0, 0.1) is 0 Å². The first-order chi connectivity index (χ1) is 10.4. The zero-order chi connectivity index (χ0) is 16.3. The minimum atomic E-state index is -0.551. The summed E-state index contributed by atoms with van der Waals surface area (Å²) in [5.41, 5.74) is 1.83. The fraction of sp³-hybridized carbons (Fsp3) is 0.278. The number of ether oxygens (including phenoxy) is 2. The van der Waals surface area contributed by atoms with Gasteiger partial charge in [-0.2, -0.15) is 0 Å². The van der Waals surface area contributed by atoms with Crippen LogP contribution in [-0.2, 0) is 10.2 Å². The number of hydrogen-bond acceptors (Lipinski definition) is 4. The van der Waals surface area contributed by atoms with E-state index in [-0.39, 0.29) is 16.7 Å². The molecule has 2 aromatic carbocycles. The summed E-state index contributed by atoms with van der Waals surface area (Å²) in [7, 11) is 2.92. The molecule has 2 aromatic rings. The number of hydrogen-bond donors (Lipinski definition) is 1. The van der Waals surface area contributed by atoms with Gasteiger partial charge in [0.25, 0.3) is 0 Å². The molecular formula is C18H20O4. The van der Waals surface area contributed by atoms with Crippen LogP contribution in [0.4, 0.5) is 0 Å². The zero-order valence-electron chi connectivity index (χ0n) is 13.2. The molecule has 4 heteroatoms. The first kappa shape index (κ1) is 15.9. The molecule has 0 radical (unpaired) electrons. The SMILES string of the molecule is COC(=O)c1cc(C(C)(C)c2ccc(OC)cc2)ccc1O. The van der Waals surface area contributed by atoms with Crippen LogP contribution >= 0.6 is 0 Å². The lowest BCUT2D eigenvalue weighted by Gasteiger charge is -2.27. The number of methoxy groups -OCH3 is 2. The Kier molecular flexibility index (Phi) is 4.40. The summed E-state index contributed by atoms with van der Waals surface area (Å²) in [6.07, 6.45) is 0. The van der Waals surface area contributed by atoms with Gasteiger partial charge in [-0.25, -0.2) is 4.79 Å². The highest BCUT2D eigenvalue weighted by atomic mass is 16.5. The van der Waals surface area contributed by atoms with Crippen LogP contribution in [0.25, 0.3) is 0 Å². The Bertz CT molecular complexity index is 672. The van der Waals surface area contributed by atoms with Crippen molar-refractivity contribution in [1.82, 2.24) is 0 Å². The average Bonchev–Trinajstić information content (AvgIpc) is 2.54. The standard InChI is InChI=1S/C18H20O4/c1-18(2,12-5-8-14(21-3)9-6-12)13-7-10-16(19)15(11-13)17(20)22-4/h5-11,19H,1-4H3. The number of esters is 1. The molecule has 0 aliphatic heterocycles. The van der Waals surface area contributed by atoms with Gasteiger partial charge in [-0.3, -0.25) is 0 Å². The molecule has 0 aliphatic rings. The molecule has 0 aromatic heterocycles. The molecule has 0 aliphatic carbocycles. The van der Waals surface area contributed by atoms with Crippen LogP contribution in [0.5, 0.6) is 11.5 Å². The number of benzene rings is 2. The van der Waals surface area contributed by atoms with Crippen molar-refractivity contribution >= 4 is 5.97 Å². The Morgan fingerprint density at radius 3 is 2.14 bits per heavy atom. The van der Waals surface area contributed by atoms with Crippen LogP contribution < -0.4 is 4.74 Å². The molecule has 4 nitrogen and oxygen atoms in total. The Morgan fingerprint density at radius 2 is 1.59 bits per heavy atom. The Balaban J connectivity index is 2.46. The third-order valence-electron chi connectivity index (χ3n) is 3.94. The molecule has 0 heterocycles. The minimum Gasteiger partial charge on any atom is -0.507 e. The van der Waals surface area contributed by atoms with Crippen molar-refractivity contribution in [2.45, 2.75) is 19.3 Å². The van der Waals surface area contributed by atoms with E-state index in [9.17, 15) is 9.90 Å². The van der Waals surface area contributed by atoms with Gasteiger partial charge in [0.1, 0.15) is 17.1 Å². The lowest BCUT2D eigenvalue weighted by molar-refractivity contribution is 0.0597. The molecule has 2 rings (SSSR count). The number of rotatable bonds is 4. The molecule has 0 unspecified atom stereocenters. The van der Waals surface area contributed by atoms with Gasteiger partial charge < -0.3 is 14.6 Å². The number of carbonyl (C=O) groups is 1. The van der Waals surface area contributed by atoms with Crippen molar-refractivity contribution in [3.63, 3.8) is 0 Å². The summed E-state index contributed by atoms with van der Waals surface area (Å²) >= 11 is 0. The van der Waals surface area contributed by atoms with Crippen molar-refractivity contribution in [2.24, 2.45) is 0 Å². The van der Waals surface area contributed by atoms with E-state index in [1.165, 1.54) is 13.2 Å². The Morgan fingerprint density at radius 1 is 1.00 bits per heavy atom. The van der Waals surface area contributed by atoms with Gasteiger partial charge in [-0.15, -0.1) is 0 Å². The van der Waals surface area contributed by atoms with Crippen LogP contribution in [-0.4, -0.2) is 25.3 Å². The summed E-state index contributed by atoms with van der Waals surface area (Å²) in [4.78, 5) is 11.7. The van der Waals surface area contributed by atoms with Gasteiger partial charge in [0.15, 0.2) is 0 Å². The monoisotopic (exact) mass is 300 g/mol. The quantitative estimate of drug-likeness (QED) is 0.878. The first-order valence-corrected chi connectivity index (χ1v) is 6.96. The first-order valence-electron chi connectivity index (χ1n) is 6.96. The summed E-state index contributed by atoms with van der Waals surface area (Å²) in [5.74, 6) is 0.159. The van der Waals surface area contributed by atoms with Crippen molar-refractivity contribution in [3.05, 3.63) is 59.2 Å². The maximum absolute atomic E-state index is 11.7. The van der Waals surface area contributed by atoms with Crippen LogP contribution in [0.15, 0.2) is 42.5 Å². The van der Waals surface area contributed by atoms with Crippen molar-refractivity contribution in [2.75, 3.05) is 14.2 Å². The summed E-state index contributed by atoms with van der Waals surface area (Å²) < 4.78 is 9.88. The maximum Gasteiger partial charge on any atom is 0.341 e. The average molecular weight is 300 g/mol. The molecular weight excluding hydrogens is 280 g/mol. The maximum atomic E-state index is 11.7. The summed E-state index contributed by atoms with van der Waals surface area (Å²) in [6.45, 7) is 4.12. The van der Waals surface area contributed by atoms with Gasteiger partial charge in [-0.1, -0.05) is 32.0 Å². The number of aromatic hydroxyl groups is 1. The molecule has 0 fully saturated rings. The second-order valence-electron chi connectivity index (χ2n) is 5.58. The summed E-state index contributed by atoms with van der Waals surface area (Å²) in [6, 6.07) is 12.8. The molecule has 0 atom stereocenters. The lowest BCUT2D eigenvalue weighted by Crippen LogP contribution is -2.19. The smallest absolute Gasteiger partial charge is 0.341 e. The highest BCUT2D eigenvalue weighted by molar-refractivity contribution is 5.92. The molecule has 1 N–H and O–H groups in total. The molecule has 22 heavy (non-hydrogen) atoms. The fourth-order valence-electron chi connectivity index (χ4n) is 2.37. The van der Waals surface area contributed by atoms with E-state index in [4.69, 9.17) is 9.47 Å². The predicted octanol–water partition coefficient (Wildman–Crippen LogP) is 3.51. The lowest BCUT2D eigenvalue weighted by atomic mass is 9.77. The van der Waals surface area contributed by atoms with Crippen LogP contribution in [0.1, 0.15) is 35.3 Å². The second kappa shape index (κ2) is 6.10. The van der Waals surface area contributed by atoms with Gasteiger partial charge in [-0.05, 0) is 35.4 Å². The van der Waals surface area contributed by atoms with Crippen LogP contribution in [0.3, 0.4) is 0 Å². The van der Waals surface area contributed by atoms with E-state index in [1.54, 1.807) is 13.2 Å². The zero-order valence-corrected chi connectivity index (χ0v) is 13.2. The highest BCUT2D eigenvalue weighted by Crippen LogP contribution is 2.34. The number of carbonyl (C=O) groups excluding carboxylic acids is 1. The third-order valence-corrected chi connectivity index (χ3v) is 3.94. The highest BCUT2D eigenvalue weighted by Gasteiger charge is 2.25. The molecule has 0 bridgehead atoms. The molecule has 0 spiro atoms. The molecule has 0 amide bonds. The largest absolute Gasteiger partial charge is 0.507 e. The molecule has 0 saturated carbocycles. The number of phenols is 1. The third kappa shape index (κ3) is 2.91. The van der Waals surface area contributed by atoms with E-state index in [1.807, 2.05) is 30.3 Å². The predicted molar refractivity (Wildman–Crippen MR) is 84.6 cm³/mol. The Labute approximate surface area is 130 Å². The van der Waals surface area contributed by atoms with E-state index in [0.29, 0.717) is 0 Å². The molecule has 116 valence electrons. The van der Waals surface area contributed by atoms with Gasteiger partial charge in [0, 0.05) is 5.41 Å².